The van der Waals surface area contributed by atoms with Crippen molar-refractivity contribution in [2.45, 2.75) is 120 Å². The molecule has 0 aliphatic heterocycles. The van der Waals surface area contributed by atoms with E-state index in [0.717, 1.165) is 77.4 Å². The predicted octanol–water partition coefficient (Wildman–Crippen LogP) is 20.8. The summed E-state index contributed by atoms with van der Waals surface area (Å²) in [4.78, 5) is 4.87. The smallest absolute Gasteiger partial charge is 0.140 e. The van der Waals surface area contributed by atoms with Crippen LogP contribution < -0.4 is 9.80 Å². The second kappa shape index (κ2) is 17.2. The molecule has 0 atom stereocenters. The normalized spacial score (nSPS) is 12.6. The van der Waals surface area contributed by atoms with E-state index in [4.69, 9.17) is 8.83 Å². The van der Waals surface area contributed by atoms with Crippen LogP contribution in [-0.4, -0.2) is 0 Å². The van der Waals surface area contributed by atoms with E-state index < -0.39 is 0 Å². The van der Waals surface area contributed by atoms with Gasteiger partial charge in [-0.1, -0.05) is 142 Å². The van der Waals surface area contributed by atoms with Crippen LogP contribution in [0.2, 0.25) is 0 Å². The van der Waals surface area contributed by atoms with E-state index in [0.29, 0.717) is 11.8 Å². The summed E-state index contributed by atoms with van der Waals surface area (Å²) >= 11 is 0. The zero-order valence-electron chi connectivity index (χ0n) is 44.7. The molecule has 9 aromatic carbocycles. The zero-order valence-corrected chi connectivity index (χ0v) is 44.7. The van der Waals surface area contributed by atoms with Crippen LogP contribution in [0.1, 0.15) is 126 Å². The molecule has 0 unspecified atom stereocenters. The highest BCUT2D eigenvalue weighted by molar-refractivity contribution is 6.23. The van der Waals surface area contributed by atoms with Gasteiger partial charge in [0, 0.05) is 55.4 Å². The molecule has 11 aromatic rings. The zero-order chi connectivity index (χ0) is 50.7. The highest BCUT2D eigenvalue weighted by Crippen LogP contribution is 2.52. The minimum absolute atomic E-state index is 0.282. The van der Waals surface area contributed by atoms with E-state index in [-0.39, 0.29) is 10.8 Å². The molecule has 4 heteroatoms. The van der Waals surface area contributed by atoms with Crippen LogP contribution in [-0.2, 0) is 10.8 Å². The molecule has 4 nitrogen and oxygen atoms in total. The SMILES string of the molecule is Cc1cccc(C)c1N(c1cccc(C(C)C)c1)c1ccc2cc3c(cc2c1)oc1c(C(C)(C)C)c2c(oc4cc5cc(N(c6cccc(C(C)C)c6)c6c(C)cccc6C)ccc5cc42)c(C(C)(C)C)c13. The van der Waals surface area contributed by atoms with Gasteiger partial charge < -0.3 is 18.6 Å². The van der Waals surface area contributed by atoms with Gasteiger partial charge in [-0.15, -0.1) is 0 Å². The molecule has 0 aliphatic rings. The van der Waals surface area contributed by atoms with E-state index in [9.17, 15) is 0 Å². The summed E-state index contributed by atoms with van der Waals surface area (Å²) in [5.41, 5.74) is 20.0. The van der Waals surface area contributed by atoms with Crippen molar-refractivity contribution in [3.8, 4) is 0 Å². The molecule has 0 spiro atoms. The van der Waals surface area contributed by atoms with Crippen LogP contribution in [0.15, 0.2) is 154 Å². The average Bonchev–Trinajstić information content (AvgIpc) is 3.87. The fourth-order valence-corrected chi connectivity index (χ4v) is 11.6. The summed E-state index contributed by atoms with van der Waals surface area (Å²) in [5.74, 6) is 0.825. The van der Waals surface area contributed by atoms with E-state index >= 15 is 0 Å². The Hall–Kier alpha value is -7.30. The van der Waals surface area contributed by atoms with Crippen molar-refractivity contribution in [2.24, 2.45) is 0 Å². The highest BCUT2D eigenvalue weighted by Gasteiger charge is 2.34. The number of rotatable bonds is 8. The van der Waals surface area contributed by atoms with E-state index in [1.165, 1.54) is 66.7 Å². The second-order valence-electron chi connectivity index (χ2n) is 23.3. The van der Waals surface area contributed by atoms with Gasteiger partial charge in [0.25, 0.3) is 0 Å². The van der Waals surface area contributed by atoms with Crippen LogP contribution in [0.3, 0.4) is 0 Å². The molecular weight excluding hydrogens is 877 g/mol. The lowest BCUT2D eigenvalue weighted by molar-refractivity contribution is 0.564. The van der Waals surface area contributed by atoms with Crippen molar-refractivity contribution < 1.29 is 8.83 Å². The standard InChI is InChI=1S/C68H68N2O2/c1-39(2)45-23-17-25-51(31-45)69(63-41(5)19-15-20-42(63)6)53-29-27-47-35-55-57(37-49(47)33-53)71-65-59(55)61(67(9,10)11)66-60(62(65)68(12,13)14)56-36-48-28-30-54(34-50(48)38-58(56)72-66)70(64-43(7)21-16-22-44(64)8)52-26-18-24-46(32-52)40(3)4/h15-40H,1-14H3. The first-order valence-electron chi connectivity index (χ1n) is 26.0. The Morgan fingerprint density at radius 3 is 1.07 bits per heavy atom. The number of benzene rings is 9. The van der Waals surface area contributed by atoms with Crippen LogP contribution in [0.5, 0.6) is 0 Å². The maximum Gasteiger partial charge on any atom is 0.140 e. The monoisotopic (exact) mass is 945 g/mol. The molecule has 2 aromatic heterocycles. The molecule has 72 heavy (non-hydrogen) atoms. The average molecular weight is 945 g/mol. The maximum absolute atomic E-state index is 7.33. The summed E-state index contributed by atoms with van der Waals surface area (Å²) < 4.78 is 14.7. The second-order valence-corrected chi connectivity index (χ2v) is 23.3. The number of hydrogen-bond acceptors (Lipinski definition) is 4. The Morgan fingerprint density at radius 1 is 0.375 bits per heavy atom. The van der Waals surface area contributed by atoms with Crippen molar-refractivity contribution in [3.05, 3.63) is 190 Å². The van der Waals surface area contributed by atoms with Gasteiger partial charge in [0.15, 0.2) is 0 Å². The van der Waals surface area contributed by atoms with Gasteiger partial charge in [0.2, 0.25) is 0 Å². The van der Waals surface area contributed by atoms with Crippen molar-refractivity contribution in [2.75, 3.05) is 9.80 Å². The fourth-order valence-electron chi connectivity index (χ4n) is 11.6. The molecule has 0 saturated heterocycles. The first kappa shape index (κ1) is 47.0. The molecule has 0 fully saturated rings. The third kappa shape index (κ3) is 7.82. The molecule has 0 amide bonds. The number of aryl methyl sites for hydroxylation is 4. The predicted molar refractivity (Wildman–Crippen MR) is 310 cm³/mol. The Bertz CT molecular complexity index is 3660. The lowest BCUT2D eigenvalue weighted by atomic mass is 9.77. The first-order chi connectivity index (χ1) is 34.3. The summed E-state index contributed by atoms with van der Waals surface area (Å²) in [6.07, 6.45) is 0. The third-order valence-corrected chi connectivity index (χ3v) is 15.1. The maximum atomic E-state index is 7.33. The molecule has 362 valence electrons. The lowest BCUT2D eigenvalue weighted by Gasteiger charge is -2.29. The van der Waals surface area contributed by atoms with Crippen LogP contribution in [0, 0.1) is 27.7 Å². The van der Waals surface area contributed by atoms with E-state index in [1.54, 1.807) is 0 Å². The minimum atomic E-state index is -0.282. The highest BCUT2D eigenvalue weighted by atomic mass is 16.3. The number of hydrogen-bond donors (Lipinski definition) is 0. The van der Waals surface area contributed by atoms with Gasteiger partial charge in [-0.2, -0.15) is 0 Å². The van der Waals surface area contributed by atoms with Crippen molar-refractivity contribution in [3.63, 3.8) is 0 Å². The van der Waals surface area contributed by atoms with Crippen molar-refractivity contribution >= 4 is 99.5 Å². The summed E-state index contributed by atoms with van der Waals surface area (Å²) in [7, 11) is 0. The van der Waals surface area contributed by atoms with Gasteiger partial charge in [0.1, 0.15) is 22.3 Å². The largest absolute Gasteiger partial charge is 0.456 e. The Kier molecular flexibility index (Phi) is 11.2. The van der Waals surface area contributed by atoms with Gasteiger partial charge in [-0.3, -0.25) is 0 Å². The quantitative estimate of drug-likeness (QED) is 0.152. The van der Waals surface area contributed by atoms with Gasteiger partial charge in [-0.05, 0) is 178 Å². The topological polar surface area (TPSA) is 32.8 Å². The Balaban J connectivity index is 1.13. The van der Waals surface area contributed by atoms with Crippen LogP contribution in [0.4, 0.5) is 34.1 Å². The van der Waals surface area contributed by atoms with Crippen LogP contribution >= 0.6 is 0 Å². The molecule has 0 bridgehead atoms. The summed E-state index contributed by atoms with van der Waals surface area (Å²) in [5, 5.41) is 9.11. The summed E-state index contributed by atoms with van der Waals surface area (Å²) in [6.45, 7) is 31.8. The number of furan rings is 2. The van der Waals surface area contributed by atoms with E-state index in [2.05, 4.69) is 252 Å². The van der Waals surface area contributed by atoms with Crippen LogP contribution in [0.25, 0.3) is 65.4 Å². The number of nitrogens with zero attached hydrogens (tertiary/aromatic N) is 2. The fraction of sp³-hybridized carbons (Fsp3) is 0.265. The number of anilines is 6. The first-order valence-corrected chi connectivity index (χ1v) is 26.0. The van der Waals surface area contributed by atoms with Gasteiger partial charge >= 0.3 is 0 Å². The van der Waals surface area contributed by atoms with Crippen molar-refractivity contribution in [1.29, 1.82) is 0 Å². The van der Waals surface area contributed by atoms with Crippen molar-refractivity contribution in [1.82, 2.24) is 0 Å². The summed E-state index contributed by atoms with van der Waals surface area (Å²) in [6, 6.07) is 54.3. The number of para-hydroxylation sites is 2. The molecular formula is C68H68N2O2. The molecule has 0 radical (unpaired) electrons. The minimum Gasteiger partial charge on any atom is -0.456 e. The lowest BCUT2D eigenvalue weighted by Crippen LogP contribution is -2.16. The van der Waals surface area contributed by atoms with Gasteiger partial charge in [0.05, 0.1) is 11.4 Å². The van der Waals surface area contributed by atoms with E-state index in [1.807, 2.05) is 0 Å². The third-order valence-electron chi connectivity index (χ3n) is 15.1. The van der Waals surface area contributed by atoms with Gasteiger partial charge in [-0.25, -0.2) is 0 Å². The molecule has 0 saturated carbocycles. The molecule has 2 heterocycles. The Labute approximate surface area is 425 Å². The molecule has 0 N–H and O–H groups in total. The Morgan fingerprint density at radius 2 is 0.722 bits per heavy atom. The molecule has 0 aliphatic carbocycles. The molecule has 11 rings (SSSR count). The number of fused-ring (bicyclic) bond motifs is 8.